The van der Waals surface area contributed by atoms with Crippen molar-refractivity contribution in [3.05, 3.63) is 0 Å². The lowest BCUT2D eigenvalue weighted by Crippen LogP contribution is -2.49. The number of ether oxygens (including phenoxy) is 2. The lowest BCUT2D eigenvalue weighted by molar-refractivity contribution is -0.172. The van der Waals surface area contributed by atoms with Gasteiger partial charge >= 0.3 is 23.9 Å². The van der Waals surface area contributed by atoms with Crippen LogP contribution in [0.15, 0.2) is 0 Å². The molecule has 0 aliphatic rings. The van der Waals surface area contributed by atoms with Gasteiger partial charge in [0, 0.05) is 19.3 Å². The van der Waals surface area contributed by atoms with Gasteiger partial charge in [-0.2, -0.15) is 0 Å². The third kappa shape index (κ3) is 32.6. The van der Waals surface area contributed by atoms with Crippen molar-refractivity contribution < 1.29 is 38.9 Å². The third-order valence-corrected chi connectivity index (χ3v) is 12.7. The molecule has 0 bridgehead atoms. The predicted molar refractivity (Wildman–Crippen MR) is 252 cm³/mol. The van der Waals surface area contributed by atoms with Crippen LogP contribution in [0.1, 0.15) is 286 Å². The van der Waals surface area contributed by atoms with Crippen molar-refractivity contribution in [2.75, 3.05) is 13.2 Å². The van der Waals surface area contributed by atoms with Crippen LogP contribution in [0.5, 0.6) is 0 Å². The van der Waals surface area contributed by atoms with Gasteiger partial charge in [-0.15, -0.1) is 0 Å². The van der Waals surface area contributed by atoms with Crippen LogP contribution in [0, 0.1) is 10.8 Å². The number of hydrogen-bond acceptors (Lipinski definition) is 6. The zero-order valence-corrected chi connectivity index (χ0v) is 40.6. The molecule has 0 unspecified atom stereocenters. The molecule has 0 aromatic heterocycles. The van der Waals surface area contributed by atoms with Crippen LogP contribution in [0.25, 0.3) is 0 Å². The molecule has 0 aromatic rings. The smallest absolute Gasteiger partial charge is 0.312 e. The van der Waals surface area contributed by atoms with Crippen molar-refractivity contribution in [2.24, 2.45) is 10.8 Å². The monoisotopic (exact) mass is 853 g/mol. The number of carbonyl (C=O) groups excluding carboxylic acids is 2. The van der Waals surface area contributed by atoms with Gasteiger partial charge in [-0.3, -0.25) is 19.2 Å². The first-order valence-electron chi connectivity index (χ1n) is 25.8. The predicted octanol–water partition coefficient (Wildman–Crippen LogP) is 16.1. The summed E-state index contributed by atoms with van der Waals surface area (Å²) in [7, 11) is 0. The minimum absolute atomic E-state index is 0.0605. The Kier molecular flexibility index (Phi) is 43.5. The molecule has 0 atom stereocenters. The molecular formula is C52H100O8. The van der Waals surface area contributed by atoms with E-state index >= 15 is 0 Å². The Morgan fingerprint density at radius 2 is 0.683 bits per heavy atom. The van der Waals surface area contributed by atoms with E-state index in [-0.39, 0.29) is 30.2 Å². The summed E-state index contributed by atoms with van der Waals surface area (Å²) in [6.07, 6.45) is 39.4. The second-order valence-corrected chi connectivity index (χ2v) is 18.0. The number of rotatable bonds is 44. The van der Waals surface area contributed by atoms with Crippen molar-refractivity contribution in [3.8, 4) is 0 Å². The van der Waals surface area contributed by atoms with Gasteiger partial charge in [0.15, 0.2) is 0 Å². The molecule has 0 radical (unpaired) electrons. The summed E-state index contributed by atoms with van der Waals surface area (Å²) in [6, 6.07) is 0. The average Bonchev–Trinajstić information content (AvgIpc) is 3.23. The Hall–Kier alpha value is -2.12. The maximum Gasteiger partial charge on any atom is 0.312 e. The van der Waals surface area contributed by atoms with E-state index in [9.17, 15) is 19.2 Å². The van der Waals surface area contributed by atoms with Crippen LogP contribution in [-0.2, 0) is 28.7 Å². The maximum atomic E-state index is 14.8. The highest BCUT2D eigenvalue weighted by Crippen LogP contribution is 2.57. The lowest BCUT2D eigenvalue weighted by Gasteiger charge is -2.50. The van der Waals surface area contributed by atoms with E-state index in [1.807, 2.05) is 0 Å². The maximum absolute atomic E-state index is 14.8. The van der Waals surface area contributed by atoms with Gasteiger partial charge in [0.05, 0.1) is 18.6 Å². The van der Waals surface area contributed by atoms with E-state index in [0.29, 0.717) is 32.5 Å². The summed E-state index contributed by atoms with van der Waals surface area (Å²) in [5.74, 6) is -1.74. The van der Waals surface area contributed by atoms with Crippen LogP contribution in [0.2, 0.25) is 0 Å². The lowest BCUT2D eigenvalue weighted by atomic mass is 9.53. The number of esters is 2. The number of carbonyl (C=O) groups is 4. The van der Waals surface area contributed by atoms with Gasteiger partial charge in [-0.05, 0) is 63.2 Å². The van der Waals surface area contributed by atoms with Crippen LogP contribution in [0.4, 0.5) is 0 Å². The largest absolute Gasteiger partial charge is 0.481 e. The third-order valence-electron chi connectivity index (χ3n) is 12.7. The Balaban J connectivity index is 0. The van der Waals surface area contributed by atoms with Crippen molar-refractivity contribution in [2.45, 2.75) is 286 Å². The van der Waals surface area contributed by atoms with Crippen LogP contribution >= 0.6 is 0 Å². The molecule has 0 aliphatic carbocycles. The highest BCUT2D eigenvalue weighted by Gasteiger charge is 2.55. The zero-order chi connectivity index (χ0) is 45.0. The highest BCUT2D eigenvalue weighted by molar-refractivity contribution is 5.78. The molecule has 0 saturated carbocycles. The molecular weight excluding hydrogens is 753 g/mol. The minimum Gasteiger partial charge on any atom is -0.481 e. The Morgan fingerprint density at radius 3 is 1.05 bits per heavy atom. The fourth-order valence-corrected chi connectivity index (χ4v) is 8.83. The van der Waals surface area contributed by atoms with Crippen molar-refractivity contribution in [1.82, 2.24) is 0 Å². The van der Waals surface area contributed by atoms with E-state index in [1.165, 1.54) is 116 Å². The topological polar surface area (TPSA) is 127 Å². The second-order valence-electron chi connectivity index (χ2n) is 18.0. The van der Waals surface area contributed by atoms with Gasteiger partial charge in [0.2, 0.25) is 0 Å². The SMILES string of the molecule is CCCCCCCCOC(=O)CCC(CCCCCCCC)(CCCCCCCC)C(CCCC)(CCCC)C(=O)OCCCCCCCC.O=C(O)CCCCC(=O)O. The van der Waals surface area contributed by atoms with Crippen LogP contribution < -0.4 is 0 Å². The first-order chi connectivity index (χ1) is 29.1. The number of carboxylic acids is 2. The summed E-state index contributed by atoms with van der Waals surface area (Å²) >= 11 is 0. The van der Waals surface area contributed by atoms with Gasteiger partial charge in [-0.1, -0.05) is 208 Å². The quantitative estimate of drug-likeness (QED) is 0.0458. The first kappa shape index (κ1) is 60.0. The first-order valence-corrected chi connectivity index (χ1v) is 25.8. The molecule has 0 rings (SSSR count). The Morgan fingerprint density at radius 1 is 0.350 bits per heavy atom. The molecule has 0 spiro atoms. The normalized spacial score (nSPS) is 11.6. The summed E-state index contributed by atoms with van der Waals surface area (Å²) < 4.78 is 12.3. The Bertz CT molecular complexity index is 955. The molecule has 0 amide bonds. The van der Waals surface area contributed by atoms with Crippen LogP contribution in [0.3, 0.4) is 0 Å². The van der Waals surface area contributed by atoms with E-state index < -0.39 is 17.4 Å². The highest BCUT2D eigenvalue weighted by atomic mass is 16.5. The number of carboxylic acid groups (broad SMARTS) is 2. The van der Waals surface area contributed by atoms with Crippen LogP contribution in [-0.4, -0.2) is 47.3 Å². The molecule has 8 heteroatoms. The number of unbranched alkanes of at least 4 members (excludes halogenated alkanes) is 23. The molecule has 60 heavy (non-hydrogen) atoms. The standard InChI is InChI=1S/C46H90O4.C6H10O4/c1-7-13-19-23-27-31-36-45(37-32-28-24-20-14-8-2,40-35-43(47)49-41-33-29-25-21-15-9-3)46(38-17-11-5,39-18-12-6)44(48)50-42-34-30-26-22-16-10-4;7-5(8)3-1-2-4-6(9)10/h7-42H2,1-6H3;1-4H2,(H,7,8)(H,9,10). The van der Waals surface area contributed by atoms with E-state index in [1.54, 1.807) is 0 Å². The molecule has 0 saturated heterocycles. The van der Waals surface area contributed by atoms with E-state index in [0.717, 1.165) is 96.3 Å². The van der Waals surface area contributed by atoms with Gasteiger partial charge in [0.25, 0.3) is 0 Å². The van der Waals surface area contributed by atoms with Gasteiger partial charge in [0.1, 0.15) is 0 Å². The fourth-order valence-electron chi connectivity index (χ4n) is 8.83. The minimum atomic E-state index is -0.870. The van der Waals surface area contributed by atoms with Crippen molar-refractivity contribution in [3.63, 3.8) is 0 Å². The van der Waals surface area contributed by atoms with Gasteiger partial charge in [-0.25, -0.2) is 0 Å². The molecule has 356 valence electrons. The summed E-state index contributed by atoms with van der Waals surface area (Å²) in [6.45, 7) is 14.7. The molecule has 0 aromatic carbocycles. The van der Waals surface area contributed by atoms with E-state index in [2.05, 4.69) is 41.5 Å². The summed E-state index contributed by atoms with van der Waals surface area (Å²) in [4.78, 5) is 48.1. The van der Waals surface area contributed by atoms with Crippen molar-refractivity contribution >= 4 is 23.9 Å². The zero-order valence-electron chi connectivity index (χ0n) is 40.6. The summed E-state index contributed by atoms with van der Waals surface area (Å²) in [5, 5.41) is 16.3. The van der Waals surface area contributed by atoms with Gasteiger partial charge < -0.3 is 19.7 Å². The Labute approximate surface area is 371 Å². The molecule has 2 N–H and O–H groups in total. The number of hydrogen-bond donors (Lipinski definition) is 2. The second kappa shape index (κ2) is 43.5. The average molecular weight is 853 g/mol. The fraction of sp³-hybridized carbons (Fsp3) is 0.923. The summed E-state index contributed by atoms with van der Waals surface area (Å²) in [5.41, 5.74) is -0.766. The molecule has 0 aliphatic heterocycles. The molecule has 8 nitrogen and oxygen atoms in total. The van der Waals surface area contributed by atoms with Crippen molar-refractivity contribution in [1.29, 1.82) is 0 Å². The molecule has 0 heterocycles. The number of aliphatic carboxylic acids is 2. The molecule has 0 fully saturated rings. The van der Waals surface area contributed by atoms with E-state index in [4.69, 9.17) is 19.7 Å².